The Morgan fingerprint density at radius 2 is 1.45 bits per heavy atom. The van der Waals surface area contributed by atoms with Crippen LogP contribution in [0, 0.1) is 0 Å². The van der Waals surface area contributed by atoms with E-state index in [1.54, 1.807) is 78.9 Å². The fraction of sp³-hybridized carbons (Fsp3) is 0.0690. The molecule has 3 N–H and O–H groups in total. The van der Waals surface area contributed by atoms with Gasteiger partial charge in [0.2, 0.25) is 10.0 Å². The van der Waals surface area contributed by atoms with Gasteiger partial charge in [-0.15, -0.1) is 0 Å². The van der Waals surface area contributed by atoms with E-state index in [2.05, 4.69) is 10.0 Å². The highest BCUT2D eigenvalue weighted by molar-refractivity contribution is 7.89. The van der Waals surface area contributed by atoms with Crippen molar-refractivity contribution in [1.29, 1.82) is 0 Å². The number of hydrogen-bond acceptors (Lipinski definition) is 5. The van der Waals surface area contributed by atoms with Crippen LogP contribution in [0.15, 0.2) is 102 Å². The van der Waals surface area contributed by atoms with E-state index in [4.69, 9.17) is 0 Å². The third kappa shape index (κ3) is 4.72. The second kappa shape index (κ2) is 10.0. The number of aliphatic carboxylic acids is 1. The first-order chi connectivity index (χ1) is 18.3. The molecule has 1 atom stereocenters. The van der Waals surface area contributed by atoms with Gasteiger partial charge in [0.1, 0.15) is 0 Å². The lowest BCUT2D eigenvalue weighted by molar-refractivity contribution is -0.139. The normalized spacial score (nSPS) is 12.9. The summed E-state index contributed by atoms with van der Waals surface area (Å²) in [5.74, 6) is -2.12. The van der Waals surface area contributed by atoms with Crippen LogP contribution < -0.4 is 10.0 Å². The summed E-state index contributed by atoms with van der Waals surface area (Å²) in [4.78, 5) is 38.4. The average molecular weight is 527 g/mol. The molecule has 9 heteroatoms. The van der Waals surface area contributed by atoms with E-state index in [0.29, 0.717) is 27.8 Å². The predicted molar refractivity (Wildman–Crippen MR) is 140 cm³/mol. The molecule has 0 saturated carbocycles. The summed E-state index contributed by atoms with van der Waals surface area (Å²) in [6.45, 7) is -0.0730. The van der Waals surface area contributed by atoms with E-state index in [-0.39, 0.29) is 28.4 Å². The van der Waals surface area contributed by atoms with E-state index < -0.39 is 27.9 Å². The zero-order chi connectivity index (χ0) is 26.9. The Balaban J connectivity index is 1.39. The monoisotopic (exact) mass is 526 g/mol. The summed E-state index contributed by atoms with van der Waals surface area (Å²) in [6.07, 6.45) is 0. The first-order valence-electron chi connectivity index (χ1n) is 11.7. The maximum atomic E-state index is 13.3. The molecule has 38 heavy (non-hydrogen) atoms. The number of carboxylic acids is 1. The Morgan fingerprint density at radius 1 is 0.789 bits per heavy atom. The van der Waals surface area contributed by atoms with Crippen LogP contribution in [0.3, 0.4) is 0 Å². The zero-order valence-corrected chi connectivity index (χ0v) is 20.7. The summed E-state index contributed by atoms with van der Waals surface area (Å²) < 4.78 is 27.6. The van der Waals surface area contributed by atoms with E-state index in [0.717, 1.165) is 0 Å². The molecule has 190 valence electrons. The standard InChI is InChI=1S/C29H22N2O6S/c32-27-22-13-5-4-12-21(22)25-23(27)14-7-15-24(25)28(33)31-26(29(34)35)19-9-6-8-18(16-19)17-30-38(36,37)20-10-2-1-3-11-20/h1-16,26,30H,17H2,(H,31,33)(H,34,35). The van der Waals surface area contributed by atoms with Crippen molar-refractivity contribution in [2.45, 2.75) is 17.5 Å². The lowest BCUT2D eigenvalue weighted by atomic mass is 9.98. The summed E-state index contributed by atoms with van der Waals surface area (Å²) in [7, 11) is -3.76. The van der Waals surface area contributed by atoms with Gasteiger partial charge in [0.05, 0.1) is 4.90 Å². The lowest BCUT2D eigenvalue weighted by Crippen LogP contribution is -2.34. The number of amides is 1. The number of sulfonamides is 1. The smallest absolute Gasteiger partial charge is 0.330 e. The van der Waals surface area contributed by atoms with Crippen molar-refractivity contribution in [3.63, 3.8) is 0 Å². The quantitative estimate of drug-likeness (QED) is 0.281. The molecule has 1 aliphatic carbocycles. The fourth-order valence-electron chi connectivity index (χ4n) is 4.51. The van der Waals surface area contributed by atoms with Crippen LogP contribution in [-0.4, -0.2) is 31.2 Å². The number of hydrogen-bond donors (Lipinski definition) is 3. The molecule has 5 rings (SSSR count). The lowest BCUT2D eigenvalue weighted by Gasteiger charge is -2.17. The second-order valence-electron chi connectivity index (χ2n) is 8.73. The highest BCUT2D eigenvalue weighted by atomic mass is 32.2. The summed E-state index contributed by atoms with van der Waals surface area (Å²) in [5, 5.41) is 12.5. The van der Waals surface area contributed by atoms with Gasteiger partial charge in [-0.2, -0.15) is 0 Å². The minimum Gasteiger partial charge on any atom is -0.479 e. The van der Waals surface area contributed by atoms with Crippen LogP contribution in [0.25, 0.3) is 11.1 Å². The van der Waals surface area contributed by atoms with Crippen molar-refractivity contribution in [2.24, 2.45) is 0 Å². The minimum absolute atomic E-state index is 0.0730. The van der Waals surface area contributed by atoms with Crippen molar-refractivity contribution in [1.82, 2.24) is 10.0 Å². The molecule has 4 aromatic carbocycles. The van der Waals surface area contributed by atoms with Gasteiger partial charge in [-0.05, 0) is 34.9 Å². The highest BCUT2D eigenvalue weighted by Crippen LogP contribution is 2.38. The van der Waals surface area contributed by atoms with Gasteiger partial charge >= 0.3 is 5.97 Å². The Morgan fingerprint density at radius 3 is 2.18 bits per heavy atom. The molecule has 0 heterocycles. The first kappa shape index (κ1) is 25.1. The van der Waals surface area contributed by atoms with Gasteiger partial charge in [-0.3, -0.25) is 9.59 Å². The van der Waals surface area contributed by atoms with E-state index >= 15 is 0 Å². The number of carbonyl (C=O) groups excluding carboxylic acids is 2. The van der Waals surface area contributed by atoms with E-state index in [1.807, 2.05) is 0 Å². The maximum absolute atomic E-state index is 13.3. The van der Waals surface area contributed by atoms with Crippen molar-refractivity contribution >= 4 is 27.7 Å². The molecule has 1 unspecified atom stereocenters. The molecule has 1 amide bonds. The largest absolute Gasteiger partial charge is 0.479 e. The molecule has 0 fully saturated rings. The van der Waals surface area contributed by atoms with Crippen molar-refractivity contribution < 1.29 is 27.9 Å². The van der Waals surface area contributed by atoms with E-state index in [9.17, 15) is 27.9 Å². The molecule has 0 aliphatic heterocycles. The number of benzene rings is 4. The third-order valence-electron chi connectivity index (χ3n) is 6.32. The Hall–Kier alpha value is -4.60. The van der Waals surface area contributed by atoms with Gasteiger partial charge in [0, 0.05) is 28.8 Å². The van der Waals surface area contributed by atoms with Crippen LogP contribution in [0.2, 0.25) is 0 Å². The van der Waals surface area contributed by atoms with Gasteiger partial charge in [-0.1, -0.05) is 78.9 Å². The van der Waals surface area contributed by atoms with E-state index in [1.165, 1.54) is 18.2 Å². The molecule has 0 aromatic heterocycles. The summed E-state index contributed by atoms with van der Waals surface area (Å²) in [5.41, 5.74) is 2.95. The Labute approximate surface area is 219 Å². The third-order valence-corrected chi connectivity index (χ3v) is 7.74. The number of ketones is 1. The molecule has 1 aliphatic rings. The summed E-state index contributed by atoms with van der Waals surface area (Å²) in [6, 6.07) is 24.6. The Bertz CT molecular complexity index is 1680. The molecule has 0 saturated heterocycles. The van der Waals surface area contributed by atoms with Crippen molar-refractivity contribution in [3.05, 3.63) is 125 Å². The van der Waals surface area contributed by atoms with Gasteiger partial charge < -0.3 is 10.4 Å². The number of rotatable bonds is 8. The molecular formula is C29H22N2O6S. The molecule has 0 bridgehead atoms. The van der Waals surface area contributed by atoms with Crippen molar-refractivity contribution in [3.8, 4) is 11.1 Å². The number of fused-ring (bicyclic) bond motifs is 3. The number of carboxylic acid groups (broad SMARTS) is 1. The highest BCUT2D eigenvalue weighted by Gasteiger charge is 2.31. The molecule has 0 spiro atoms. The molecule has 4 aromatic rings. The van der Waals surface area contributed by atoms with Crippen LogP contribution >= 0.6 is 0 Å². The topological polar surface area (TPSA) is 130 Å². The number of carbonyl (C=O) groups is 3. The SMILES string of the molecule is O=C(NC(C(=O)O)c1cccc(CNS(=O)(=O)c2ccccc2)c1)c1cccc2c1-c1ccccc1C2=O. The van der Waals surface area contributed by atoms with Crippen LogP contribution in [-0.2, 0) is 21.4 Å². The predicted octanol–water partition coefficient (Wildman–Crippen LogP) is 3.93. The maximum Gasteiger partial charge on any atom is 0.330 e. The second-order valence-corrected chi connectivity index (χ2v) is 10.5. The molecule has 0 radical (unpaired) electrons. The van der Waals surface area contributed by atoms with Crippen LogP contribution in [0.4, 0.5) is 0 Å². The minimum atomic E-state index is -3.76. The Kier molecular flexibility index (Phi) is 6.62. The molecular weight excluding hydrogens is 504 g/mol. The van der Waals surface area contributed by atoms with Crippen molar-refractivity contribution in [2.75, 3.05) is 0 Å². The summed E-state index contributed by atoms with van der Waals surface area (Å²) >= 11 is 0. The fourth-order valence-corrected chi connectivity index (χ4v) is 5.54. The molecule has 8 nitrogen and oxygen atoms in total. The first-order valence-corrected chi connectivity index (χ1v) is 13.2. The van der Waals surface area contributed by atoms with Gasteiger partial charge in [0.15, 0.2) is 11.8 Å². The number of nitrogens with one attached hydrogen (secondary N) is 2. The zero-order valence-electron chi connectivity index (χ0n) is 19.9. The van der Waals surface area contributed by atoms with Crippen LogP contribution in [0.1, 0.15) is 43.4 Å². The van der Waals surface area contributed by atoms with Gasteiger partial charge in [0.25, 0.3) is 5.91 Å². The van der Waals surface area contributed by atoms with Gasteiger partial charge in [-0.25, -0.2) is 17.9 Å². The van der Waals surface area contributed by atoms with Crippen LogP contribution in [0.5, 0.6) is 0 Å². The average Bonchev–Trinajstić information content (AvgIpc) is 3.23.